The summed E-state index contributed by atoms with van der Waals surface area (Å²) in [6, 6.07) is 5.16. The van der Waals surface area contributed by atoms with Gasteiger partial charge in [0.1, 0.15) is 12.3 Å². The lowest BCUT2D eigenvalue weighted by Gasteiger charge is -2.39. The van der Waals surface area contributed by atoms with Gasteiger partial charge in [-0.05, 0) is 18.4 Å². The number of pyridine rings is 1. The van der Waals surface area contributed by atoms with Gasteiger partial charge in [0.15, 0.2) is 0 Å². The molecule has 1 fully saturated rings. The Morgan fingerprint density at radius 2 is 2.08 bits per heavy atom. The van der Waals surface area contributed by atoms with Gasteiger partial charge in [0, 0.05) is 51.2 Å². The first-order valence-electron chi connectivity index (χ1n) is 8.98. The lowest BCUT2D eigenvalue weighted by atomic mass is 10.0. The molecule has 1 aliphatic heterocycles. The fourth-order valence-corrected chi connectivity index (χ4v) is 3.23. The standard InChI is InChI=1S/C19H27N5O2/c1-15(2)11-17(14-25)22(3)19(26)24-9-7-23(8-10-24)18(12-20)16-5-4-6-21-13-16/h4-6,13-15,17-18H,7-11H2,1-3H3/t17-,18?/m0/s1. The van der Waals surface area contributed by atoms with Crippen LogP contribution in [-0.2, 0) is 4.79 Å². The van der Waals surface area contributed by atoms with E-state index < -0.39 is 6.04 Å². The number of piperazine rings is 1. The third kappa shape index (κ3) is 4.79. The van der Waals surface area contributed by atoms with Gasteiger partial charge in [0.25, 0.3) is 0 Å². The topological polar surface area (TPSA) is 80.5 Å². The van der Waals surface area contributed by atoms with Crippen molar-refractivity contribution in [2.45, 2.75) is 32.4 Å². The minimum absolute atomic E-state index is 0.128. The van der Waals surface area contributed by atoms with E-state index in [1.807, 2.05) is 26.0 Å². The third-order valence-electron chi connectivity index (χ3n) is 4.74. The first-order chi connectivity index (χ1) is 12.5. The Morgan fingerprint density at radius 1 is 1.38 bits per heavy atom. The van der Waals surface area contributed by atoms with Crippen LogP contribution in [-0.4, -0.2) is 71.3 Å². The van der Waals surface area contributed by atoms with Gasteiger partial charge in [-0.2, -0.15) is 5.26 Å². The van der Waals surface area contributed by atoms with Crippen LogP contribution in [0, 0.1) is 17.2 Å². The molecule has 0 aliphatic carbocycles. The van der Waals surface area contributed by atoms with E-state index in [0.29, 0.717) is 38.5 Å². The zero-order chi connectivity index (χ0) is 19.1. The van der Waals surface area contributed by atoms with Gasteiger partial charge in [-0.1, -0.05) is 19.9 Å². The number of urea groups is 1. The lowest BCUT2D eigenvalue weighted by Crippen LogP contribution is -2.54. The van der Waals surface area contributed by atoms with Gasteiger partial charge in [-0.15, -0.1) is 0 Å². The summed E-state index contributed by atoms with van der Waals surface area (Å²) in [5.41, 5.74) is 0.866. The zero-order valence-corrected chi connectivity index (χ0v) is 15.7. The van der Waals surface area contributed by atoms with Crippen molar-refractivity contribution in [3.05, 3.63) is 30.1 Å². The van der Waals surface area contributed by atoms with Gasteiger partial charge in [0.2, 0.25) is 0 Å². The smallest absolute Gasteiger partial charge is 0.320 e. The maximum absolute atomic E-state index is 12.7. The monoisotopic (exact) mass is 357 g/mol. The molecule has 2 rings (SSSR count). The molecule has 2 atom stereocenters. The molecule has 1 aliphatic rings. The molecule has 26 heavy (non-hydrogen) atoms. The molecular formula is C19H27N5O2. The molecule has 1 aromatic rings. The summed E-state index contributed by atoms with van der Waals surface area (Å²) in [6.45, 7) is 6.37. The SMILES string of the molecule is CC(C)C[C@@H](C=O)N(C)C(=O)N1CCN(C(C#N)c2cccnc2)CC1. The van der Waals surface area contributed by atoms with E-state index in [1.165, 1.54) is 4.90 Å². The lowest BCUT2D eigenvalue weighted by molar-refractivity contribution is -0.111. The van der Waals surface area contributed by atoms with E-state index in [4.69, 9.17) is 0 Å². The second-order valence-electron chi connectivity index (χ2n) is 7.07. The van der Waals surface area contributed by atoms with E-state index in [1.54, 1.807) is 24.3 Å². The molecule has 0 spiro atoms. The molecule has 0 bridgehead atoms. The number of rotatable bonds is 6. The Hall–Kier alpha value is -2.46. The van der Waals surface area contributed by atoms with Crippen molar-refractivity contribution < 1.29 is 9.59 Å². The highest BCUT2D eigenvalue weighted by Gasteiger charge is 2.30. The molecule has 2 heterocycles. The van der Waals surface area contributed by atoms with Crippen LogP contribution in [0.15, 0.2) is 24.5 Å². The van der Waals surface area contributed by atoms with Gasteiger partial charge in [-0.3, -0.25) is 9.88 Å². The Kier molecular flexibility index (Phi) is 7.10. The Bertz CT molecular complexity index is 635. The van der Waals surface area contributed by atoms with Crippen molar-refractivity contribution in [3.8, 4) is 6.07 Å². The maximum Gasteiger partial charge on any atom is 0.320 e. The molecule has 140 valence electrons. The Labute approximate surface area is 155 Å². The summed E-state index contributed by atoms with van der Waals surface area (Å²) in [5, 5.41) is 9.54. The van der Waals surface area contributed by atoms with E-state index in [-0.39, 0.29) is 12.1 Å². The van der Waals surface area contributed by atoms with Gasteiger partial charge in [0.05, 0.1) is 12.1 Å². The zero-order valence-electron chi connectivity index (χ0n) is 15.7. The predicted octanol–water partition coefficient (Wildman–Crippen LogP) is 1.93. The average molecular weight is 357 g/mol. The summed E-state index contributed by atoms with van der Waals surface area (Å²) in [7, 11) is 1.68. The van der Waals surface area contributed by atoms with E-state index in [0.717, 1.165) is 11.8 Å². The Morgan fingerprint density at radius 3 is 2.58 bits per heavy atom. The van der Waals surface area contributed by atoms with Crippen LogP contribution in [0.1, 0.15) is 31.9 Å². The van der Waals surface area contributed by atoms with Crippen LogP contribution in [0.4, 0.5) is 4.79 Å². The molecule has 0 radical (unpaired) electrons. The van der Waals surface area contributed by atoms with Gasteiger partial charge < -0.3 is 14.6 Å². The normalized spacial score (nSPS) is 17.4. The first-order valence-corrected chi connectivity index (χ1v) is 8.98. The van der Waals surface area contributed by atoms with E-state index in [9.17, 15) is 14.9 Å². The maximum atomic E-state index is 12.7. The second kappa shape index (κ2) is 9.30. The number of carbonyl (C=O) groups is 2. The van der Waals surface area contributed by atoms with Crippen molar-refractivity contribution >= 4 is 12.3 Å². The number of carbonyl (C=O) groups excluding carboxylic acids is 2. The number of aromatic nitrogens is 1. The largest absolute Gasteiger partial charge is 0.322 e. The van der Waals surface area contributed by atoms with Crippen molar-refractivity contribution in [2.24, 2.45) is 5.92 Å². The van der Waals surface area contributed by atoms with Crippen molar-refractivity contribution in [1.82, 2.24) is 19.7 Å². The minimum Gasteiger partial charge on any atom is -0.322 e. The summed E-state index contributed by atoms with van der Waals surface area (Å²) in [5.74, 6) is 0.341. The molecule has 2 amide bonds. The average Bonchev–Trinajstić information content (AvgIpc) is 2.67. The second-order valence-corrected chi connectivity index (χ2v) is 7.07. The molecule has 7 nitrogen and oxygen atoms in total. The van der Waals surface area contributed by atoms with Crippen molar-refractivity contribution in [3.63, 3.8) is 0 Å². The summed E-state index contributed by atoms with van der Waals surface area (Å²) < 4.78 is 0. The number of amides is 2. The molecule has 1 unspecified atom stereocenters. The van der Waals surface area contributed by atoms with Crippen molar-refractivity contribution in [1.29, 1.82) is 5.26 Å². The fourth-order valence-electron chi connectivity index (χ4n) is 3.23. The van der Waals surface area contributed by atoms with Crippen LogP contribution >= 0.6 is 0 Å². The van der Waals surface area contributed by atoms with Crippen LogP contribution in [0.5, 0.6) is 0 Å². The molecule has 1 aromatic heterocycles. The number of nitrogens with zero attached hydrogens (tertiary/aromatic N) is 5. The van der Waals surface area contributed by atoms with Crippen LogP contribution in [0.2, 0.25) is 0 Å². The van der Waals surface area contributed by atoms with Crippen LogP contribution < -0.4 is 0 Å². The number of likely N-dealkylation sites (N-methyl/N-ethyl adjacent to an activating group) is 1. The van der Waals surface area contributed by atoms with Gasteiger partial charge in [-0.25, -0.2) is 4.79 Å². The minimum atomic E-state index is -0.400. The fraction of sp³-hybridized carbons (Fsp3) is 0.579. The van der Waals surface area contributed by atoms with Crippen molar-refractivity contribution in [2.75, 3.05) is 33.2 Å². The van der Waals surface area contributed by atoms with E-state index in [2.05, 4.69) is 16.0 Å². The molecule has 1 saturated heterocycles. The van der Waals surface area contributed by atoms with Crippen LogP contribution in [0.3, 0.4) is 0 Å². The molecular weight excluding hydrogens is 330 g/mol. The van der Waals surface area contributed by atoms with E-state index >= 15 is 0 Å². The first kappa shape index (κ1) is 19.9. The predicted molar refractivity (Wildman–Crippen MR) is 98.2 cm³/mol. The van der Waals surface area contributed by atoms with Gasteiger partial charge >= 0.3 is 6.03 Å². The Balaban J connectivity index is 1.96. The molecule has 0 N–H and O–H groups in total. The highest BCUT2D eigenvalue weighted by Crippen LogP contribution is 2.21. The highest BCUT2D eigenvalue weighted by atomic mass is 16.2. The quantitative estimate of drug-likeness (QED) is 0.727. The van der Waals surface area contributed by atoms with Crippen LogP contribution in [0.25, 0.3) is 0 Å². The molecule has 0 aromatic carbocycles. The number of aldehydes is 1. The number of hydrogen-bond acceptors (Lipinski definition) is 5. The summed E-state index contributed by atoms with van der Waals surface area (Å²) in [4.78, 5) is 33.5. The summed E-state index contributed by atoms with van der Waals surface area (Å²) >= 11 is 0. The molecule has 7 heteroatoms. The third-order valence-corrected chi connectivity index (χ3v) is 4.74. The highest BCUT2D eigenvalue weighted by molar-refractivity contribution is 5.78. The summed E-state index contributed by atoms with van der Waals surface area (Å²) in [6.07, 6.45) is 4.90. The number of hydrogen-bond donors (Lipinski definition) is 0. The number of nitriles is 1. The molecule has 0 saturated carbocycles.